The highest BCUT2D eigenvalue weighted by atomic mass is 19.4. The summed E-state index contributed by atoms with van der Waals surface area (Å²) in [6, 6.07) is 12.2. The van der Waals surface area contributed by atoms with Gasteiger partial charge in [0.15, 0.2) is 5.96 Å². The number of nitrogens with two attached hydrogens (primary N) is 3. The standard InChI is InChI=1S/C45H69N13O6.5C2HF3O2/c1-31(41(61)54-44(64)37(13-7-19-46)52-32(2)59)51-43(63)36(14-8-20-50-45(47)48)49-21-25-56-28-26-55(27-29-56)22-9-10-33-17-23-57(24-18-33)30-40(60)58-38-15-5-3-11-34(38)42(62)53-35-12-4-6-16-39(35)58;5*3-2(4,5)1(6)7/h3-6,11-12,15-16,31,33,36-37,49H,7-10,13-14,17-30,46H2,1-2H3,(H,51,63)(H,52,59)(H,53,62)(H4,47,48,50)(H,54,61,64);5*(H,6,7)/t31-,36+,37-;;;;;/m0...../s1. The molecule has 560 valence electrons. The number of fused-ring (bicyclic) bond motifs is 2. The van der Waals surface area contributed by atoms with Crippen molar-refractivity contribution < 1.29 is 144 Å². The van der Waals surface area contributed by atoms with Crippen LogP contribution in [-0.2, 0) is 47.9 Å². The van der Waals surface area contributed by atoms with Crippen LogP contribution in [-0.4, -0.2) is 239 Å². The molecule has 0 aromatic heterocycles. The van der Waals surface area contributed by atoms with Crippen molar-refractivity contribution in [2.75, 3.05) is 88.8 Å². The molecule has 0 bridgehead atoms. The number of hydrogen-bond donors (Lipinski definition) is 13. The van der Waals surface area contributed by atoms with E-state index in [0.717, 1.165) is 78.0 Å². The molecule has 5 rings (SSSR count). The van der Waals surface area contributed by atoms with Crippen LogP contribution in [0.25, 0.3) is 0 Å². The number of carbonyl (C=O) groups excluding carboxylic acids is 6. The molecule has 0 unspecified atom stereocenters. The van der Waals surface area contributed by atoms with Gasteiger partial charge in [-0.1, -0.05) is 24.3 Å². The molecule has 0 aliphatic carbocycles. The Balaban J connectivity index is 0.00000222. The number of imide groups is 1. The summed E-state index contributed by atoms with van der Waals surface area (Å²) in [5.41, 5.74) is 18.9. The Labute approximate surface area is 552 Å². The number of para-hydroxylation sites is 3. The number of benzene rings is 2. The number of rotatable bonds is 22. The molecule has 0 radical (unpaired) electrons. The fourth-order valence-electron chi connectivity index (χ4n) is 8.52. The molecule has 0 spiro atoms. The van der Waals surface area contributed by atoms with Gasteiger partial charge < -0.3 is 68.9 Å². The van der Waals surface area contributed by atoms with Gasteiger partial charge >= 0.3 is 60.7 Å². The van der Waals surface area contributed by atoms with Crippen LogP contribution in [0.1, 0.15) is 75.6 Å². The molecule has 2 saturated heterocycles. The number of guanidine groups is 1. The molecule has 3 atom stereocenters. The topological polar surface area (TPSA) is 452 Å². The first-order valence-electron chi connectivity index (χ1n) is 29.0. The Hall–Kier alpha value is -9.17. The fourth-order valence-corrected chi connectivity index (χ4v) is 8.52. The number of likely N-dealkylation sites (tertiary alicyclic amines) is 1. The summed E-state index contributed by atoms with van der Waals surface area (Å²) >= 11 is 0. The predicted octanol–water partition coefficient (Wildman–Crippen LogP) is 3.60. The summed E-state index contributed by atoms with van der Waals surface area (Å²) < 4.78 is 159. The Morgan fingerprint density at radius 3 is 1.45 bits per heavy atom. The van der Waals surface area contributed by atoms with Gasteiger partial charge in [-0.05, 0) is 115 Å². The van der Waals surface area contributed by atoms with Gasteiger partial charge in [0, 0.05) is 52.7 Å². The number of aliphatic carboxylic acids is 5. The number of nitrogens with one attached hydrogen (secondary N) is 5. The minimum atomic E-state index is -5.08. The summed E-state index contributed by atoms with van der Waals surface area (Å²) in [5, 5.41) is 49.5. The molecule has 2 aromatic rings. The van der Waals surface area contributed by atoms with Crippen molar-refractivity contribution in [1.82, 2.24) is 36.0 Å². The number of piperidine rings is 1. The average molecular weight is 1460 g/mol. The monoisotopic (exact) mass is 1460 g/mol. The van der Waals surface area contributed by atoms with Crippen LogP contribution in [0.15, 0.2) is 53.5 Å². The van der Waals surface area contributed by atoms with Crippen LogP contribution in [0.2, 0.25) is 0 Å². The lowest BCUT2D eigenvalue weighted by atomic mass is 9.92. The minimum absolute atomic E-state index is 0.0277. The largest absolute Gasteiger partial charge is 0.490 e. The van der Waals surface area contributed by atoms with Crippen LogP contribution < -0.4 is 48.7 Å². The van der Waals surface area contributed by atoms with Gasteiger partial charge in [0.05, 0.1) is 35.2 Å². The second-order valence-corrected chi connectivity index (χ2v) is 21.0. The van der Waals surface area contributed by atoms with Gasteiger partial charge in [0.1, 0.15) is 12.1 Å². The average Bonchev–Trinajstić information content (AvgIpc) is 1.68. The van der Waals surface area contributed by atoms with E-state index >= 15 is 0 Å². The second-order valence-electron chi connectivity index (χ2n) is 21.0. The lowest BCUT2D eigenvalue weighted by Gasteiger charge is -2.36. The number of anilines is 3. The Morgan fingerprint density at radius 2 is 1.01 bits per heavy atom. The molecule has 2 fully saturated rings. The summed E-state index contributed by atoms with van der Waals surface area (Å²) in [6.07, 6.45) is -19.3. The van der Waals surface area contributed by atoms with Crippen LogP contribution in [0.3, 0.4) is 0 Å². The number of hydrogen-bond acceptors (Lipinski definition) is 17. The molecular weight excluding hydrogens is 1380 g/mol. The molecule has 3 aliphatic heterocycles. The van der Waals surface area contributed by atoms with E-state index in [1.165, 1.54) is 13.8 Å². The zero-order valence-corrected chi connectivity index (χ0v) is 52.4. The van der Waals surface area contributed by atoms with E-state index in [1.54, 1.807) is 11.0 Å². The van der Waals surface area contributed by atoms with Crippen LogP contribution in [0.5, 0.6) is 0 Å². The number of alkyl halides is 15. The van der Waals surface area contributed by atoms with Gasteiger partial charge in [-0.2, -0.15) is 65.9 Å². The van der Waals surface area contributed by atoms with Crippen molar-refractivity contribution in [1.29, 1.82) is 0 Å². The van der Waals surface area contributed by atoms with Crippen molar-refractivity contribution in [3.8, 4) is 0 Å². The molecule has 99 heavy (non-hydrogen) atoms. The van der Waals surface area contributed by atoms with Gasteiger partial charge in [0.2, 0.25) is 29.5 Å². The van der Waals surface area contributed by atoms with E-state index in [1.807, 2.05) is 42.5 Å². The van der Waals surface area contributed by atoms with Crippen LogP contribution in [0, 0.1) is 5.92 Å². The third kappa shape index (κ3) is 37.4. The lowest BCUT2D eigenvalue weighted by molar-refractivity contribution is -0.193. The smallest absolute Gasteiger partial charge is 0.475 e. The quantitative estimate of drug-likeness (QED) is 0.0347. The van der Waals surface area contributed by atoms with E-state index in [4.69, 9.17) is 66.7 Å². The van der Waals surface area contributed by atoms with Crippen LogP contribution in [0.4, 0.5) is 82.9 Å². The Bertz CT molecular complexity index is 2870. The first-order valence-corrected chi connectivity index (χ1v) is 29.0. The summed E-state index contributed by atoms with van der Waals surface area (Å²) in [5.74, 6) is -15.6. The minimum Gasteiger partial charge on any atom is -0.475 e. The summed E-state index contributed by atoms with van der Waals surface area (Å²) in [4.78, 5) is 135. The third-order valence-corrected chi connectivity index (χ3v) is 13.3. The van der Waals surface area contributed by atoms with Gasteiger partial charge in [-0.25, -0.2) is 24.0 Å². The number of piperazine rings is 1. The normalized spacial score (nSPS) is 15.3. The highest BCUT2D eigenvalue weighted by molar-refractivity contribution is 6.18. The van der Waals surface area contributed by atoms with E-state index < -0.39 is 96.6 Å². The predicted molar refractivity (Wildman–Crippen MR) is 316 cm³/mol. The molecule has 16 N–H and O–H groups in total. The molecule has 3 heterocycles. The number of carboxylic acid groups (broad SMARTS) is 5. The highest BCUT2D eigenvalue weighted by Crippen LogP contribution is 2.38. The molecule has 3 aliphatic rings. The molecule has 0 saturated carbocycles. The summed E-state index contributed by atoms with van der Waals surface area (Å²) in [6.45, 7) is 11.6. The lowest BCUT2D eigenvalue weighted by Crippen LogP contribution is -2.55. The van der Waals surface area contributed by atoms with E-state index in [2.05, 4.69) is 46.3 Å². The first-order chi connectivity index (χ1) is 45.5. The summed E-state index contributed by atoms with van der Waals surface area (Å²) in [7, 11) is 0. The maximum absolute atomic E-state index is 13.9. The molecule has 29 nitrogen and oxygen atoms in total. The zero-order valence-electron chi connectivity index (χ0n) is 52.4. The zero-order chi connectivity index (χ0) is 76.4. The van der Waals surface area contributed by atoms with Crippen molar-refractivity contribution in [2.24, 2.45) is 28.1 Å². The Kier molecular flexibility index (Phi) is 38.7. The molecule has 2 aromatic carbocycles. The maximum atomic E-state index is 13.9. The van der Waals surface area contributed by atoms with Gasteiger partial charge in [-0.15, -0.1) is 0 Å². The molecule has 44 heteroatoms. The first kappa shape index (κ1) is 89.8. The molecular formula is C55H74F15N13O16. The number of aliphatic imine (C=N–C) groups is 1. The number of nitrogens with zero attached hydrogens (tertiary/aromatic N) is 5. The molecule has 6 amide bonds. The number of carboxylic acids is 5. The fraction of sp³-hybridized carbons (Fsp3) is 0.564. The van der Waals surface area contributed by atoms with Crippen molar-refractivity contribution in [2.45, 2.75) is 114 Å². The maximum Gasteiger partial charge on any atom is 0.490 e. The number of halogens is 15. The second kappa shape index (κ2) is 42.6. The van der Waals surface area contributed by atoms with Crippen molar-refractivity contribution in [3.63, 3.8) is 0 Å². The van der Waals surface area contributed by atoms with E-state index in [-0.39, 0.29) is 36.6 Å². The van der Waals surface area contributed by atoms with E-state index in [9.17, 15) is 94.6 Å². The number of carbonyl (C=O) groups is 11. The highest BCUT2D eigenvalue weighted by Gasteiger charge is 2.41. The van der Waals surface area contributed by atoms with Gasteiger partial charge in [-0.3, -0.25) is 53.8 Å². The SMILES string of the molecule is CC(=O)N[C@@H](CCCN)C(=O)NC(=O)[C@H](C)NC(=O)[C@@H](CCCN=C(N)N)NCCN1CCN(CCCC2CCN(CC(=O)N3c4ccccc4NC(=O)c4ccccc43)CC2)CC1.O=C(O)C(F)(F)F.O=C(O)C(F)(F)F.O=C(O)C(F)(F)F.O=C(O)C(F)(F)F.O=C(O)C(F)(F)F. The van der Waals surface area contributed by atoms with Gasteiger partial charge in [0.25, 0.3) is 5.91 Å². The number of amides is 6. The van der Waals surface area contributed by atoms with Crippen molar-refractivity contribution >= 4 is 88.3 Å². The van der Waals surface area contributed by atoms with E-state index in [0.29, 0.717) is 67.4 Å². The third-order valence-electron chi connectivity index (χ3n) is 13.3. The van der Waals surface area contributed by atoms with Crippen LogP contribution >= 0.6 is 0 Å². The van der Waals surface area contributed by atoms with Crippen molar-refractivity contribution in [3.05, 3.63) is 54.1 Å². The Morgan fingerprint density at radius 1 is 0.576 bits per heavy atom.